The van der Waals surface area contributed by atoms with Gasteiger partial charge in [-0.1, -0.05) is 6.92 Å². The summed E-state index contributed by atoms with van der Waals surface area (Å²) in [6.45, 7) is 1.32. The smallest absolute Gasteiger partial charge is 0.247 e. The minimum absolute atomic E-state index is 0.167. The zero-order valence-corrected chi connectivity index (χ0v) is 6.91. The highest BCUT2D eigenvalue weighted by atomic mass is 19.3. The van der Waals surface area contributed by atoms with Gasteiger partial charge in [0.2, 0.25) is 0 Å². The Hall–Kier alpha value is -0.420. The van der Waals surface area contributed by atoms with E-state index in [2.05, 4.69) is 0 Å². The molecule has 13 heavy (non-hydrogen) atoms. The first kappa shape index (κ1) is 12.6. The van der Waals surface area contributed by atoms with E-state index in [1.165, 1.54) is 6.92 Å². The normalized spacial score (nSPS) is 17.5. The lowest BCUT2D eigenvalue weighted by atomic mass is 10.1. The monoisotopic (exact) mass is 208 g/mol. The van der Waals surface area contributed by atoms with Crippen LogP contribution in [-0.4, -0.2) is 24.7 Å². The first-order valence-electron chi connectivity index (χ1n) is 3.76. The zero-order valence-electron chi connectivity index (χ0n) is 6.91. The third kappa shape index (κ3) is 3.44. The van der Waals surface area contributed by atoms with Crippen molar-refractivity contribution in [2.24, 2.45) is 0 Å². The van der Waals surface area contributed by atoms with Crippen LogP contribution in [-0.2, 0) is 0 Å². The van der Waals surface area contributed by atoms with Crippen LogP contribution in [0.2, 0.25) is 0 Å². The van der Waals surface area contributed by atoms with Crippen LogP contribution in [0.25, 0.3) is 0 Å². The molecule has 0 aliphatic rings. The van der Waals surface area contributed by atoms with Gasteiger partial charge >= 0.3 is 12.3 Å². The van der Waals surface area contributed by atoms with E-state index in [9.17, 15) is 26.3 Å². The SMILES string of the molecule is CCC(F)C[C@H](F)C(F)(F)C(F)F. The van der Waals surface area contributed by atoms with Crippen molar-refractivity contribution >= 4 is 0 Å². The van der Waals surface area contributed by atoms with E-state index >= 15 is 0 Å². The summed E-state index contributed by atoms with van der Waals surface area (Å²) in [6, 6.07) is 0. The van der Waals surface area contributed by atoms with Crippen molar-refractivity contribution in [1.29, 1.82) is 0 Å². The van der Waals surface area contributed by atoms with Gasteiger partial charge in [-0.05, 0) is 6.42 Å². The van der Waals surface area contributed by atoms with E-state index in [-0.39, 0.29) is 6.42 Å². The summed E-state index contributed by atoms with van der Waals surface area (Å²) in [7, 11) is 0. The Bertz CT molecular complexity index is 146. The summed E-state index contributed by atoms with van der Waals surface area (Å²) in [5, 5.41) is 0. The molecule has 0 heterocycles. The Morgan fingerprint density at radius 3 is 1.85 bits per heavy atom. The van der Waals surface area contributed by atoms with Gasteiger partial charge in [0.25, 0.3) is 0 Å². The molecule has 0 nitrogen and oxygen atoms in total. The maximum Gasteiger partial charge on any atom is 0.337 e. The van der Waals surface area contributed by atoms with Crippen LogP contribution < -0.4 is 0 Å². The molecule has 0 rings (SSSR count). The number of hydrogen-bond donors (Lipinski definition) is 0. The number of rotatable bonds is 5. The van der Waals surface area contributed by atoms with Gasteiger partial charge in [-0.25, -0.2) is 17.6 Å². The summed E-state index contributed by atoms with van der Waals surface area (Å²) in [4.78, 5) is 0. The summed E-state index contributed by atoms with van der Waals surface area (Å²) >= 11 is 0. The molecule has 0 N–H and O–H groups in total. The van der Waals surface area contributed by atoms with Gasteiger partial charge < -0.3 is 0 Å². The lowest BCUT2D eigenvalue weighted by Gasteiger charge is -2.20. The fourth-order valence-electron chi connectivity index (χ4n) is 0.685. The summed E-state index contributed by atoms with van der Waals surface area (Å²) in [5.41, 5.74) is 0. The minimum atomic E-state index is -4.75. The highest BCUT2D eigenvalue weighted by Gasteiger charge is 2.49. The Labute approximate surface area is 71.9 Å². The molecular weight excluding hydrogens is 198 g/mol. The molecule has 0 bridgehead atoms. The maximum atomic E-state index is 12.4. The van der Waals surface area contributed by atoms with Crippen LogP contribution in [0.15, 0.2) is 0 Å². The fourth-order valence-corrected chi connectivity index (χ4v) is 0.685. The lowest BCUT2D eigenvalue weighted by Crippen LogP contribution is -2.39. The molecule has 0 saturated carbocycles. The van der Waals surface area contributed by atoms with Crippen LogP contribution in [0.1, 0.15) is 19.8 Å². The fraction of sp³-hybridized carbons (Fsp3) is 1.00. The van der Waals surface area contributed by atoms with Crippen LogP contribution >= 0.6 is 0 Å². The molecule has 0 amide bonds. The molecule has 0 aliphatic heterocycles. The van der Waals surface area contributed by atoms with Crippen molar-refractivity contribution in [1.82, 2.24) is 0 Å². The number of halogens is 6. The Balaban J connectivity index is 4.16. The largest absolute Gasteiger partial charge is 0.337 e. The van der Waals surface area contributed by atoms with Crippen LogP contribution in [0, 0.1) is 0 Å². The van der Waals surface area contributed by atoms with E-state index in [4.69, 9.17) is 0 Å². The first-order chi connectivity index (χ1) is 5.82. The van der Waals surface area contributed by atoms with Crippen molar-refractivity contribution in [3.8, 4) is 0 Å². The van der Waals surface area contributed by atoms with Crippen molar-refractivity contribution in [2.75, 3.05) is 0 Å². The van der Waals surface area contributed by atoms with Gasteiger partial charge in [0.05, 0.1) is 0 Å². The van der Waals surface area contributed by atoms with E-state index in [0.717, 1.165) is 0 Å². The molecule has 2 atom stereocenters. The van der Waals surface area contributed by atoms with Crippen LogP contribution in [0.5, 0.6) is 0 Å². The van der Waals surface area contributed by atoms with Gasteiger partial charge in [-0.2, -0.15) is 8.78 Å². The highest BCUT2D eigenvalue weighted by molar-refractivity contribution is 4.81. The molecule has 80 valence electrons. The van der Waals surface area contributed by atoms with Gasteiger partial charge in [-0.15, -0.1) is 0 Å². The van der Waals surface area contributed by atoms with E-state index in [0.29, 0.717) is 0 Å². The third-order valence-corrected chi connectivity index (χ3v) is 1.61. The molecule has 0 aliphatic carbocycles. The predicted octanol–water partition coefficient (Wildman–Crippen LogP) is 3.36. The molecule has 0 saturated heterocycles. The topological polar surface area (TPSA) is 0 Å². The molecule has 0 aromatic rings. The predicted molar refractivity (Wildman–Crippen MR) is 35.7 cm³/mol. The van der Waals surface area contributed by atoms with Gasteiger partial charge in [0.15, 0.2) is 6.17 Å². The lowest BCUT2D eigenvalue weighted by molar-refractivity contribution is -0.174. The molecular formula is C7H10F6. The second-order valence-electron chi connectivity index (χ2n) is 2.68. The van der Waals surface area contributed by atoms with E-state index in [1.54, 1.807) is 0 Å². The van der Waals surface area contributed by atoms with Crippen LogP contribution in [0.4, 0.5) is 26.3 Å². The molecule has 1 unspecified atom stereocenters. The van der Waals surface area contributed by atoms with Crippen LogP contribution in [0.3, 0.4) is 0 Å². The minimum Gasteiger partial charge on any atom is -0.247 e. The highest BCUT2D eigenvalue weighted by Crippen LogP contribution is 2.32. The Morgan fingerprint density at radius 2 is 1.54 bits per heavy atom. The summed E-state index contributed by atoms with van der Waals surface area (Å²) < 4.78 is 72.1. The average Bonchev–Trinajstić information content (AvgIpc) is 2.03. The van der Waals surface area contributed by atoms with Gasteiger partial charge in [-0.3, -0.25) is 0 Å². The van der Waals surface area contributed by atoms with Crippen molar-refractivity contribution in [3.63, 3.8) is 0 Å². The summed E-state index contributed by atoms with van der Waals surface area (Å²) in [6.07, 6.45) is -10.4. The average molecular weight is 208 g/mol. The van der Waals surface area contributed by atoms with E-state index < -0.39 is 31.1 Å². The molecule has 6 heteroatoms. The van der Waals surface area contributed by atoms with E-state index in [1.807, 2.05) is 0 Å². The zero-order chi connectivity index (χ0) is 10.6. The third-order valence-electron chi connectivity index (χ3n) is 1.61. The van der Waals surface area contributed by atoms with Crippen molar-refractivity contribution < 1.29 is 26.3 Å². The van der Waals surface area contributed by atoms with Crippen molar-refractivity contribution in [3.05, 3.63) is 0 Å². The second-order valence-corrected chi connectivity index (χ2v) is 2.68. The van der Waals surface area contributed by atoms with Gasteiger partial charge in [0, 0.05) is 6.42 Å². The maximum absolute atomic E-state index is 12.4. The standard InChI is InChI=1S/C7H10F6/c1-2-4(8)3-5(9)7(12,13)6(10)11/h4-6H,2-3H2,1H3/t4?,5-/m0/s1. The second kappa shape index (κ2) is 4.72. The number of hydrogen-bond acceptors (Lipinski definition) is 0. The van der Waals surface area contributed by atoms with Gasteiger partial charge in [0.1, 0.15) is 6.17 Å². The quantitative estimate of drug-likeness (QED) is 0.607. The summed E-state index contributed by atoms with van der Waals surface area (Å²) in [5.74, 6) is -4.75. The Kier molecular flexibility index (Phi) is 4.56. The first-order valence-corrected chi connectivity index (χ1v) is 3.76. The number of alkyl halides is 6. The molecule has 0 aromatic heterocycles. The molecule has 0 radical (unpaired) electrons. The molecule has 0 fully saturated rings. The Morgan fingerprint density at radius 1 is 1.08 bits per heavy atom. The molecule has 0 spiro atoms. The molecule has 0 aromatic carbocycles. The van der Waals surface area contributed by atoms with Crippen molar-refractivity contribution in [2.45, 2.75) is 44.5 Å².